The molecule has 2 N–H and O–H groups in total. The largest absolute Gasteiger partial charge is 0.487 e. The van der Waals surface area contributed by atoms with Gasteiger partial charge >= 0.3 is 0 Å². The quantitative estimate of drug-likeness (QED) is 0.647. The van der Waals surface area contributed by atoms with Crippen molar-refractivity contribution in [3.05, 3.63) is 36.4 Å². The molecule has 1 fully saturated rings. The smallest absolute Gasteiger partial charge is 0.222 e. The average Bonchev–Trinajstić information content (AvgIpc) is 2.50. The molecule has 126 valence electrons. The fourth-order valence-corrected chi connectivity index (χ4v) is 3.31. The van der Waals surface area contributed by atoms with Crippen LogP contribution in [-0.2, 0) is 11.2 Å². The van der Waals surface area contributed by atoms with Crippen LogP contribution < -0.4 is 10.5 Å². The van der Waals surface area contributed by atoms with Crippen molar-refractivity contribution in [3.8, 4) is 5.75 Å². The van der Waals surface area contributed by atoms with Crippen LogP contribution >= 0.6 is 0 Å². The number of carbonyl (C=O) groups is 1. The second-order valence-corrected chi connectivity index (χ2v) is 6.72. The topological polar surface area (TPSA) is 55.6 Å². The Labute approximate surface area is 139 Å². The van der Waals surface area contributed by atoms with Gasteiger partial charge in [-0.3, -0.25) is 4.79 Å². The van der Waals surface area contributed by atoms with E-state index in [1.54, 1.807) is 6.08 Å². The lowest BCUT2D eigenvalue weighted by atomic mass is 9.91. The van der Waals surface area contributed by atoms with Gasteiger partial charge in [0.25, 0.3) is 0 Å². The maximum Gasteiger partial charge on any atom is 0.222 e. The molecular weight excluding hydrogens is 288 g/mol. The molecule has 2 unspecified atom stereocenters. The van der Waals surface area contributed by atoms with E-state index in [-0.39, 0.29) is 5.91 Å². The molecule has 4 heteroatoms. The van der Waals surface area contributed by atoms with Gasteiger partial charge in [0.05, 0.1) is 5.69 Å². The highest BCUT2D eigenvalue weighted by molar-refractivity contribution is 5.76. The zero-order chi connectivity index (χ0) is 16.8. The van der Waals surface area contributed by atoms with Gasteiger partial charge in [-0.15, -0.1) is 0 Å². The number of rotatable bonds is 6. The number of nitrogens with two attached hydrogens (primary N) is 1. The second-order valence-electron chi connectivity index (χ2n) is 6.72. The molecule has 1 aliphatic heterocycles. The second kappa shape index (κ2) is 8.04. The number of aryl methyl sites for hydroxylation is 1. The molecule has 0 aliphatic carbocycles. The molecule has 1 saturated heterocycles. The highest BCUT2D eigenvalue weighted by atomic mass is 16.5. The monoisotopic (exact) mass is 316 g/mol. The Kier molecular flexibility index (Phi) is 6.08. The van der Waals surface area contributed by atoms with Crippen molar-refractivity contribution in [2.24, 2.45) is 11.8 Å². The number of anilines is 1. The van der Waals surface area contributed by atoms with Gasteiger partial charge in [0.15, 0.2) is 0 Å². The Balaban J connectivity index is 1.88. The van der Waals surface area contributed by atoms with E-state index in [0.29, 0.717) is 42.7 Å². The average molecular weight is 316 g/mol. The van der Waals surface area contributed by atoms with Crippen LogP contribution in [0.4, 0.5) is 5.69 Å². The molecule has 1 heterocycles. The highest BCUT2D eigenvalue weighted by Gasteiger charge is 2.24. The first-order chi connectivity index (χ1) is 11.0. The molecule has 1 aromatic carbocycles. The molecule has 4 nitrogen and oxygen atoms in total. The molecule has 0 aromatic heterocycles. The van der Waals surface area contributed by atoms with Gasteiger partial charge in [0.2, 0.25) is 5.91 Å². The normalized spacial score (nSPS) is 21.0. The van der Waals surface area contributed by atoms with Crippen molar-refractivity contribution in [3.63, 3.8) is 0 Å². The number of benzene rings is 1. The van der Waals surface area contributed by atoms with Crippen molar-refractivity contribution < 1.29 is 9.53 Å². The first-order valence-corrected chi connectivity index (χ1v) is 8.39. The van der Waals surface area contributed by atoms with Gasteiger partial charge in [-0.25, -0.2) is 0 Å². The summed E-state index contributed by atoms with van der Waals surface area (Å²) in [5, 5.41) is 0. The third kappa shape index (κ3) is 5.02. The Morgan fingerprint density at radius 3 is 2.70 bits per heavy atom. The number of piperidine rings is 1. The molecular formula is C19H28N2O2. The number of carbonyl (C=O) groups excluding carboxylic acids is 1. The van der Waals surface area contributed by atoms with Crippen molar-refractivity contribution in [2.75, 3.05) is 25.4 Å². The molecule has 23 heavy (non-hydrogen) atoms. The Hall–Kier alpha value is -1.97. The summed E-state index contributed by atoms with van der Waals surface area (Å²) >= 11 is 0. The van der Waals surface area contributed by atoms with Crippen LogP contribution in [0, 0.1) is 11.8 Å². The molecule has 1 amide bonds. The van der Waals surface area contributed by atoms with Gasteiger partial charge in [-0.05, 0) is 42.4 Å². The van der Waals surface area contributed by atoms with Crippen molar-refractivity contribution in [1.29, 1.82) is 0 Å². The summed E-state index contributed by atoms with van der Waals surface area (Å²) in [5.41, 5.74) is 7.67. The Morgan fingerprint density at radius 2 is 2.09 bits per heavy atom. The molecule has 2 rings (SSSR count). The fraction of sp³-hybridized carbons (Fsp3) is 0.526. The fourth-order valence-electron chi connectivity index (χ4n) is 3.31. The van der Waals surface area contributed by atoms with Gasteiger partial charge in [-0.2, -0.15) is 0 Å². The lowest BCUT2D eigenvalue weighted by molar-refractivity contribution is -0.133. The van der Waals surface area contributed by atoms with Gasteiger partial charge in [-0.1, -0.05) is 32.6 Å². The van der Waals surface area contributed by atoms with Crippen molar-refractivity contribution in [2.45, 2.75) is 33.1 Å². The summed E-state index contributed by atoms with van der Waals surface area (Å²) in [6, 6.07) is 5.74. The third-order valence-electron chi connectivity index (χ3n) is 4.28. The molecule has 0 spiro atoms. The number of nitrogens with zero attached hydrogens (tertiary/aromatic N) is 1. The molecule has 1 aliphatic rings. The van der Waals surface area contributed by atoms with Gasteiger partial charge < -0.3 is 15.4 Å². The van der Waals surface area contributed by atoms with Gasteiger partial charge in [0.1, 0.15) is 12.4 Å². The zero-order valence-electron chi connectivity index (χ0n) is 14.3. The molecule has 1 aromatic rings. The van der Waals surface area contributed by atoms with E-state index in [1.807, 2.05) is 23.1 Å². The Bertz CT molecular complexity index is 546. The third-order valence-corrected chi connectivity index (χ3v) is 4.28. The first kappa shape index (κ1) is 17.4. The summed E-state index contributed by atoms with van der Waals surface area (Å²) in [6.07, 6.45) is 4.15. The van der Waals surface area contributed by atoms with Crippen LogP contribution in [0.3, 0.4) is 0 Å². The van der Waals surface area contributed by atoms with E-state index in [2.05, 4.69) is 20.4 Å². The summed E-state index contributed by atoms with van der Waals surface area (Å²) in [4.78, 5) is 14.4. The van der Waals surface area contributed by atoms with E-state index >= 15 is 0 Å². The SMILES string of the molecule is C=CCOc1ccc(CCC(=O)N2CC(C)CC(C)C2)cc1N. The molecule has 2 atom stereocenters. The predicted molar refractivity (Wildman–Crippen MR) is 94.4 cm³/mol. The minimum atomic E-state index is 0.244. The van der Waals surface area contributed by atoms with E-state index in [1.165, 1.54) is 6.42 Å². The molecule has 0 radical (unpaired) electrons. The summed E-state index contributed by atoms with van der Waals surface area (Å²) < 4.78 is 5.47. The zero-order valence-corrected chi connectivity index (χ0v) is 14.3. The van der Waals surface area contributed by atoms with Crippen LogP contribution in [0.25, 0.3) is 0 Å². The number of nitrogen functional groups attached to an aromatic ring is 1. The van der Waals surface area contributed by atoms with E-state index in [0.717, 1.165) is 18.7 Å². The van der Waals surface area contributed by atoms with Gasteiger partial charge in [0, 0.05) is 19.5 Å². The van der Waals surface area contributed by atoms with Crippen LogP contribution in [-0.4, -0.2) is 30.5 Å². The first-order valence-electron chi connectivity index (χ1n) is 8.39. The van der Waals surface area contributed by atoms with E-state index in [4.69, 9.17) is 10.5 Å². The lowest BCUT2D eigenvalue weighted by Gasteiger charge is -2.35. The number of ether oxygens (including phenoxy) is 1. The summed E-state index contributed by atoms with van der Waals surface area (Å²) in [6.45, 7) is 10.3. The minimum absolute atomic E-state index is 0.244. The van der Waals surface area contributed by atoms with E-state index < -0.39 is 0 Å². The van der Waals surface area contributed by atoms with Crippen LogP contribution in [0.15, 0.2) is 30.9 Å². The summed E-state index contributed by atoms with van der Waals surface area (Å²) in [7, 11) is 0. The summed E-state index contributed by atoms with van der Waals surface area (Å²) in [5.74, 6) is 2.10. The van der Waals surface area contributed by atoms with Crippen LogP contribution in [0.1, 0.15) is 32.3 Å². The minimum Gasteiger partial charge on any atom is -0.487 e. The van der Waals surface area contributed by atoms with Crippen LogP contribution in [0.2, 0.25) is 0 Å². The Morgan fingerprint density at radius 1 is 1.39 bits per heavy atom. The number of hydrogen-bond acceptors (Lipinski definition) is 3. The maximum atomic E-state index is 12.4. The molecule has 0 bridgehead atoms. The predicted octanol–water partition coefficient (Wildman–Crippen LogP) is 3.27. The van der Waals surface area contributed by atoms with Crippen molar-refractivity contribution >= 4 is 11.6 Å². The maximum absolute atomic E-state index is 12.4. The standard InChI is InChI=1S/C19H28N2O2/c1-4-9-23-18-7-5-16(11-17(18)20)6-8-19(22)21-12-14(2)10-15(3)13-21/h4-5,7,11,14-15H,1,6,8-10,12-13,20H2,2-3H3. The number of amides is 1. The lowest BCUT2D eigenvalue weighted by Crippen LogP contribution is -2.42. The van der Waals surface area contributed by atoms with Crippen molar-refractivity contribution in [1.82, 2.24) is 4.90 Å². The van der Waals surface area contributed by atoms with Crippen LogP contribution in [0.5, 0.6) is 5.75 Å². The number of hydrogen-bond donors (Lipinski definition) is 1. The molecule has 0 saturated carbocycles. The van der Waals surface area contributed by atoms with E-state index in [9.17, 15) is 4.79 Å². The highest BCUT2D eigenvalue weighted by Crippen LogP contribution is 2.24. The number of likely N-dealkylation sites (tertiary alicyclic amines) is 1.